The molecule has 94 valence electrons. The summed E-state index contributed by atoms with van der Waals surface area (Å²) in [5, 5.41) is 3.40. The molecule has 3 nitrogen and oxygen atoms in total. The first-order valence-electron chi connectivity index (χ1n) is 6.01. The molecule has 3 heteroatoms. The number of nitrogens with zero attached hydrogens (tertiary/aromatic N) is 1. The largest absolute Gasteiger partial charge is 0.399 e. The summed E-state index contributed by atoms with van der Waals surface area (Å²) in [5.74, 6) is 0. The minimum absolute atomic E-state index is 0.780. The van der Waals surface area contributed by atoms with Crippen molar-refractivity contribution >= 4 is 17.1 Å². The first kappa shape index (κ1) is 12.3. The number of anilines is 3. The van der Waals surface area contributed by atoms with Gasteiger partial charge in [0.1, 0.15) is 0 Å². The fourth-order valence-corrected chi connectivity index (χ4v) is 1.80. The van der Waals surface area contributed by atoms with Gasteiger partial charge in [0.05, 0.1) is 0 Å². The number of benzene rings is 2. The third kappa shape index (κ3) is 3.17. The average Bonchev–Trinajstić information content (AvgIpc) is 2.37. The van der Waals surface area contributed by atoms with Crippen LogP contribution in [0.2, 0.25) is 0 Å². The molecule has 0 spiro atoms. The first-order chi connectivity index (χ1) is 8.65. The van der Waals surface area contributed by atoms with Crippen molar-refractivity contribution in [3.8, 4) is 0 Å². The zero-order valence-corrected chi connectivity index (χ0v) is 10.9. The predicted molar refractivity (Wildman–Crippen MR) is 79.0 cm³/mol. The van der Waals surface area contributed by atoms with E-state index >= 15 is 0 Å². The summed E-state index contributed by atoms with van der Waals surface area (Å²) in [4.78, 5) is 2.09. The van der Waals surface area contributed by atoms with Crippen LogP contribution in [0.1, 0.15) is 5.56 Å². The molecule has 0 heterocycles. The monoisotopic (exact) mass is 241 g/mol. The van der Waals surface area contributed by atoms with E-state index in [-0.39, 0.29) is 0 Å². The van der Waals surface area contributed by atoms with Crippen LogP contribution in [-0.4, -0.2) is 14.1 Å². The van der Waals surface area contributed by atoms with E-state index in [4.69, 9.17) is 5.73 Å². The third-order valence-electron chi connectivity index (χ3n) is 2.81. The average molecular weight is 241 g/mol. The highest BCUT2D eigenvalue weighted by molar-refractivity contribution is 5.57. The van der Waals surface area contributed by atoms with Crippen LogP contribution in [0.15, 0.2) is 48.5 Å². The maximum Gasteiger partial charge on any atom is 0.0401 e. The Kier molecular flexibility index (Phi) is 3.72. The minimum Gasteiger partial charge on any atom is -0.399 e. The van der Waals surface area contributed by atoms with Gasteiger partial charge in [0.25, 0.3) is 0 Å². The van der Waals surface area contributed by atoms with Crippen LogP contribution in [0.5, 0.6) is 0 Å². The van der Waals surface area contributed by atoms with Crippen LogP contribution in [0.25, 0.3) is 0 Å². The highest BCUT2D eigenvalue weighted by atomic mass is 15.1. The van der Waals surface area contributed by atoms with Gasteiger partial charge in [0.15, 0.2) is 0 Å². The van der Waals surface area contributed by atoms with Gasteiger partial charge >= 0.3 is 0 Å². The van der Waals surface area contributed by atoms with Crippen LogP contribution in [0.3, 0.4) is 0 Å². The zero-order valence-electron chi connectivity index (χ0n) is 10.9. The second-order valence-electron chi connectivity index (χ2n) is 4.54. The summed E-state index contributed by atoms with van der Waals surface area (Å²) in [6.07, 6.45) is 0. The van der Waals surface area contributed by atoms with E-state index in [0.29, 0.717) is 0 Å². The Morgan fingerprint density at radius 2 is 1.83 bits per heavy atom. The smallest absolute Gasteiger partial charge is 0.0401 e. The molecule has 0 aromatic heterocycles. The quantitative estimate of drug-likeness (QED) is 0.809. The third-order valence-corrected chi connectivity index (χ3v) is 2.81. The van der Waals surface area contributed by atoms with Crippen molar-refractivity contribution < 1.29 is 0 Å². The lowest BCUT2D eigenvalue weighted by molar-refractivity contribution is 1.12. The van der Waals surface area contributed by atoms with E-state index in [0.717, 1.165) is 17.9 Å². The Morgan fingerprint density at radius 1 is 1.06 bits per heavy atom. The number of hydrogen-bond acceptors (Lipinski definition) is 3. The Balaban J connectivity index is 2.04. The summed E-state index contributed by atoms with van der Waals surface area (Å²) in [6.45, 7) is 0.780. The van der Waals surface area contributed by atoms with Gasteiger partial charge in [-0.15, -0.1) is 0 Å². The first-order valence-corrected chi connectivity index (χ1v) is 6.01. The van der Waals surface area contributed by atoms with Crippen LogP contribution in [0.4, 0.5) is 17.1 Å². The number of nitrogen functional groups attached to an aromatic ring is 1. The molecule has 0 amide bonds. The SMILES string of the molecule is CN(C)c1cccc(NCc2cccc(N)c2)c1. The second-order valence-corrected chi connectivity index (χ2v) is 4.54. The van der Waals surface area contributed by atoms with Crippen LogP contribution >= 0.6 is 0 Å². The van der Waals surface area contributed by atoms with Gasteiger partial charge in [0, 0.05) is 37.7 Å². The second kappa shape index (κ2) is 5.45. The van der Waals surface area contributed by atoms with Crippen molar-refractivity contribution in [3.63, 3.8) is 0 Å². The van der Waals surface area contributed by atoms with Gasteiger partial charge < -0.3 is 16.0 Å². The van der Waals surface area contributed by atoms with Crippen LogP contribution in [0, 0.1) is 0 Å². The van der Waals surface area contributed by atoms with Gasteiger partial charge in [-0.05, 0) is 35.9 Å². The summed E-state index contributed by atoms with van der Waals surface area (Å²) in [5.41, 5.74) is 10.0. The van der Waals surface area contributed by atoms with E-state index < -0.39 is 0 Å². The molecule has 0 bridgehead atoms. The molecule has 0 radical (unpaired) electrons. The number of nitrogens with two attached hydrogens (primary N) is 1. The van der Waals surface area contributed by atoms with Crippen molar-refractivity contribution in [2.75, 3.05) is 30.0 Å². The molecular weight excluding hydrogens is 222 g/mol. The summed E-state index contributed by atoms with van der Waals surface area (Å²) in [7, 11) is 4.08. The summed E-state index contributed by atoms with van der Waals surface area (Å²) in [6, 6.07) is 16.3. The summed E-state index contributed by atoms with van der Waals surface area (Å²) < 4.78 is 0. The summed E-state index contributed by atoms with van der Waals surface area (Å²) >= 11 is 0. The maximum atomic E-state index is 5.76. The standard InChI is InChI=1S/C15H19N3/c1-18(2)15-8-4-7-14(10-15)17-11-12-5-3-6-13(16)9-12/h3-10,17H,11,16H2,1-2H3. The molecule has 18 heavy (non-hydrogen) atoms. The molecule has 0 saturated heterocycles. The van der Waals surface area contributed by atoms with Crippen molar-refractivity contribution in [2.24, 2.45) is 0 Å². The van der Waals surface area contributed by atoms with E-state index in [1.165, 1.54) is 11.3 Å². The highest BCUT2D eigenvalue weighted by Crippen LogP contribution is 2.18. The van der Waals surface area contributed by atoms with E-state index in [9.17, 15) is 0 Å². The lowest BCUT2D eigenvalue weighted by Crippen LogP contribution is -2.09. The van der Waals surface area contributed by atoms with Gasteiger partial charge in [-0.3, -0.25) is 0 Å². The Labute approximate surface area is 108 Å². The molecule has 0 fully saturated rings. The molecule has 0 aliphatic rings. The van der Waals surface area contributed by atoms with Gasteiger partial charge in [0.2, 0.25) is 0 Å². The van der Waals surface area contributed by atoms with Crippen molar-refractivity contribution in [1.82, 2.24) is 0 Å². The number of hydrogen-bond donors (Lipinski definition) is 2. The molecule has 2 aromatic rings. The fraction of sp³-hybridized carbons (Fsp3) is 0.200. The van der Waals surface area contributed by atoms with Crippen molar-refractivity contribution in [1.29, 1.82) is 0 Å². The van der Waals surface area contributed by atoms with Gasteiger partial charge in [-0.1, -0.05) is 18.2 Å². The van der Waals surface area contributed by atoms with E-state index in [1.807, 2.05) is 32.3 Å². The zero-order chi connectivity index (χ0) is 13.0. The normalized spacial score (nSPS) is 10.1. The van der Waals surface area contributed by atoms with Crippen LogP contribution < -0.4 is 16.0 Å². The molecule has 0 atom stereocenters. The molecule has 0 unspecified atom stereocenters. The Bertz CT molecular complexity index is 521. The van der Waals surface area contributed by atoms with E-state index in [2.05, 4.69) is 40.5 Å². The molecular formula is C15H19N3. The van der Waals surface area contributed by atoms with Crippen LogP contribution in [-0.2, 0) is 6.54 Å². The number of nitrogens with one attached hydrogen (secondary N) is 1. The molecule has 0 saturated carbocycles. The lowest BCUT2D eigenvalue weighted by atomic mass is 10.2. The maximum absolute atomic E-state index is 5.76. The number of rotatable bonds is 4. The highest BCUT2D eigenvalue weighted by Gasteiger charge is 1.98. The molecule has 0 aliphatic carbocycles. The topological polar surface area (TPSA) is 41.3 Å². The molecule has 2 rings (SSSR count). The van der Waals surface area contributed by atoms with Gasteiger partial charge in [-0.25, -0.2) is 0 Å². The molecule has 0 aliphatic heterocycles. The molecule has 2 aromatic carbocycles. The van der Waals surface area contributed by atoms with Crippen molar-refractivity contribution in [3.05, 3.63) is 54.1 Å². The predicted octanol–water partition coefficient (Wildman–Crippen LogP) is 2.95. The minimum atomic E-state index is 0.780. The Hall–Kier alpha value is -2.16. The van der Waals surface area contributed by atoms with Gasteiger partial charge in [-0.2, -0.15) is 0 Å². The Morgan fingerprint density at radius 3 is 2.56 bits per heavy atom. The molecule has 3 N–H and O–H groups in total. The van der Waals surface area contributed by atoms with Crippen molar-refractivity contribution in [2.45, 2.75) is 6.54 Å². The fourth-order valence-electron chi connectivity index (χ4n) is 1.80. The van der Waals surface area contributed by atoms with E-state index in [1.54, 1.807) is 0 Å². The lowest BCUT2D eigenvalue weighted by Gasteiger charge is -2.14.